The molecule has 0 radical (unpaired) electrons. The zero-order chi connectivity index (χ0) is 31.6. The van der Waals surface area contributed by atoms with E-state index in [-0.39, 0.29) is 35.6 Å². The Bertz CT molecular complexity index is 1470. The van der Waals surface area contributed by atoms with E-state index in [0.29, 0.717) is 5.41 Å². The SMILES string of the molecule is CC(C)(C)c1[c-]c2c(cc1)-c1ccc(C(C)(C)C)cc1C2.C[C](=[Zr+2])c1ccc(C)cc1.Cc1cc(C(C)(C)C)c(C)[cH-]1.[Cl-].[Cl-]. The molecule has 44 heavy (non-hydrogen) atoms. The van der Waals surface area contributed by atoms with Gasteiger partial charge in [0.2, 0.25) is 0 Å². The summed E-state index contributed by atoms with van der Waals surface area (Å²) in [5.74, 6) is 0. The number of halogens is 2. The van der Waals surface area contributed by atoms with E-state index >= 15 is 0 Å². The normalized spacial score (nSPS) is 11.9. The second-order valence-electron chi connectivity index (χ2n) is 15.2. The summed E-state index contributed by atoms with van der Waals surface area (Å²) in [7, 11) is 0. The molecule has 1 aliphatic rings. The maximum Gasteiger partial charge on any atom is -0.0632 e. The molecule has 0 fully saturated rings. The summed E-state index contributed by atoms with van der Waals surface area (Å²) in [6, 6.07) is 28.4. The van der Waals surface area contributed by atoms with Crippen LogP contribution >= 0.6 is 0 Å². The first-order valence-electron chi connectivity index (χ1n) is 15.3. The molecule has 0 atom stereocenters. The molecule has 4 aromatic rings. The van der Waals surface area contributed by atoms with Gasteiger partial charge in [0, 0.05) is 0 Å². The topological polar surface area (TPSA) is 0 Å². The van der Waals surface area contributed by atoms with Crippen LogP contribution in [0.1, 0.15) is 119 Å². The fraction of sp³-hybridized carbons (Fsp3) is 0.415. The predicted octanol–water partition coefficient (Wildman–Crippen LogP) is 5.06. The van der Waals surface area contributed by atoms with Crippen molar-refractivity contribution in [1.29, 1.82) is 0 Å². The van der Waals surface area contributed by atoms with Crippen LogP contribution in [0.2, 0.25) is 0 Å². The quantitative estimate of drug-likeness (QED) is 0.214. The van der Waals surface area contributed by atoms with Gasteiger partial charge in [0.15, 0.2) is 0 Å². The van der Waals surface area contributed by atoms with Gasteiger partial charge in [0.1, 0.15) is 0 Å². The molecule has 236 valence electrons. The molecule has 0 aliphatic heterocycles. The minimum Gasteiger partial charge on any atom is -1.00 e. The van der Waals surface area contributed by atoms with Gasteiger partial charge in [0.25, 0.3) is 0 Å². The maximum atomic E-state index is 3.67. The summed E-state index contributed by atoms with van der Waals surface area (Å²) in [5.41, 5.74) is 16.0. The van der Waals surface area contributed by atoms with Crippen LogP contribution in [0.4, 0.5) is 0 Å². The third kappa shape index (κ3) is 10.7. The molecule has 0 saturated carbocycles. The summed E-state index contributed by atoms with van der Waals surface area (Å²) < 4.78 is 1.46. The standard InChI is InChI=1S/C21H25.C11H17.C9H10.2ClH.Zr/c1-20(2,3)16-7-9-18-14(12-16)11-15-13-17(21(4,5)6)8-10-19(15)18;1-8-6-9(2)10(7-8)11(3,4)5;1-3-9-6-4-8(2)5-7-9;;;/h7-10,12H,11H2,1-6H3;6-7H,1-5H3;4-7H,1-2H3;2*1H;/q2*-1;;;;+2/p-2. The Kier molecular flexibility index (Phi) is 14.5. The van der Waals surface area contributed by atoms with Gasteiger partial charge in [-0.05, 0) is 28.4 Å². The molecule has 0 spiro atoms. The summed E-state index contributed by atoms with van der Waals surface area (Å²) in [4.78, 5) is 0. The van der Waals surface area contributed by atoms with E-state index in [1.807, 2.05) is 0 Å². The predicted molar refractivity (Wildman–Crippen MR) is 182 cm³/mol. The zero-order valence-corrected chi connectivity index (χ0v) is 33.3. The number of benzene rings is 3. The first-order valence-corrected chi connectivity index (χ1v) is 16.6. The first-order chi connectivity index (χ1) is 19.3. The summed E-state index contributed by atoms with van der Waals surface area (Å²) in [6.45, 7) is 29.0. The molecule has 0 N–H and O–H groups in total. The van der Waals surface area contributed by atoms with E-state index < -0.39 is 0 Å². The molecule has 4 aromatic carbocycles. The zero-order valence-electron chi connectivity index (χ0n) is 29.3. The van der Waals surface area contributed by atoms with Crippen molar-refractivity contribution in [2.45, 2.75) is 113 Å². The summed E-state index contributed by atoms with van der Waals surface area (Å²) >= 11 is 1.51. The van der Waals surface area contributed by atoms with Crippen LogP contribution in [0.15, 0.2) is 66.7 Å². The van der Waals surface area contributed by atoms with E-state index in [0.717, 1.165) is 6.42 Å². The molecule has 3 heteroatoms. The third-order valence-corrected chi connectivity index (χ3v) is 8.71. The Morgan fingerprint density at radius 2 is 1.27 bits per heavy atom. The van der Waals surface area contributed by atoms with E-state index in [1.165, 1.54) is 88.6 Å². The van der Waals surface area contributed by atoms with Gasteiger partial charge in [-0.3, -0.25) is 0 Å². The van der Waals surface area contributed by atoms with Gasteiger partial charge in [-0.25, -0.2) is 6.07 Å². The van der Waals surface area contributed by atoms with Gasteiger partial charge in [-0.2, -0.15) is 46.5 Å². The number of aryl methyl sites for hydroxylation is 3. The molecular formula is C41H52Cl2Zr-2. The molecule has 0 aromatic heterocycles. The van der Waals surface area contributed by atoms with Crippen LogP contribution in [-0.4, -0.2) is 3.21 Å². The van der Waals surface area contributed by atoms with Crippen molar-refractivity contribution in [1.82, 2.24) is 0 Å². The van der Waals surface area contributed by atoms with E-state index in [1.54, 1.807) is 0 Å². The van der Waals surface area contributed by atoms with Crippen LogP contribution in [0, 0.1) is 26.8 Å². The van der Waals surface area contributed by atoms with Crippen LogP contribution in [0.5, 0.6) is 0 Å². The number of fused-ring (bicyclic) bond motifs is 3. The third-order valence-electron chi connectivity index (χ3n) is 8.00. The summed E-state index contributed by atoms with van der Waals surface area (Å²) in [5, 5.41) is 0. The van der Waals surface area contributed by atoms with Gasteiger partial charge in [-0.15, -0.1) is 11.1 Å². The van der Waals surface area contributed by atoms with Crippen molar-refractivity contribution in [3.8, 4) is 11.1 Å². The maximum absolute atomic E-state index is 3.67. The Balaban J connectivity index is 0.000000358. The Morgan fingerprint density at radius 1 is 0.705 bits per heavy atom. The molecule has 0 saturated heterocycles. The van der Waals surface area contributed by atoms with Crippen molar-refractivity contribution in [3.63, 3.8) is 0 Å². The fourth-order valence-electron chi connectivity index (χ4n) is 5.44. The van der Waals surface area contributed by atoms with Crippen molar-refractivity contribution in [3.05, 3.63) is 123 Å². The smallest absolute Gasteiger partial charge is 0.0632 e. The Labute approximate surface area is 297 Å². The van der Waals surface area contributed by atoms with Crippen LogP contribution in [0.25, 0.3) is 11.1 Å². The van der Waals surface area contributed by atoms with Crippen LogP contribution < -0.4 is 24.8 Å². The second-order valence-corrected chi connectivity index (χ2v) is 17.0. The van der Waals surface area contributed by atoms with Crippen LogP contribution in [-0.2, 0) is 46.9 Å². The molecular weight excluding hydrogens is 655 g/mol. The minimum absolute atomic E-state index is 0. The van der Waals surface area contributed by atoms with Crippen LogP contribution in [0.3, 0.4) is 0 Å². The van der Waals surface area contributed by atoms with E-state index in [2.05, 4.69) is 163 Å². The second kappa shape index (κ2) is 15.8. The van der Waals surface area contributed by atoms with Gasteiger partial charge in [0.05, 0.1) is 0 Å². The first kappa shape index (κ1) is 40.4. The minimum atomic E-state index is 0. The van der Waals surface area contributed by atoms with E-state index in [4.69, 9.17) is 0 Å². The van der Waals surface area contributed by atoms with Gasteiger partial charge < -0.3 is 24.8 Å². The van der Waals surface area contributed by atoms with E-state index in [9.17, 15) is 0 Å². The number of hydrogen-bond acceptors (Lipinski definition) is 0. The molecule has 0 heterocycles. The van der Waals surface area contributed by atoms with Crippen molar-refractivity contribution < 1.29 is 49.0 Å². The monoisotopic (exact) mass is 704 g/mol. The largest absolute Gasteiger partial charge is 1.00 e. The molecule has 0 amide bonds. The molecule has 0 bridgehead atoms. The Hall–Kier alpha value is -1.66. The molecule has 0 nitrogen and oxygen atoms in total. The summed E-state index contributed by atoms with van der Waals surface area (Å²) in [6.07, 6.45) is 1.03. The number of hydrogen-bond donors (Lipinski definition) is 0. The molecule has 1 aliphatic carbocycles. The Morgan fingerprint density at radius 3 is 1.70 bits per heavy atom. The number of rotatable bonds is 1. The average molecular weight is 707 g/mol. The fourth-order valence-corrected chi connectivity index (χ4v) is 5.85. The van der Waals surface area contributed by atoms with Crippen molar-refractivity contribution in [2.24, 2.45) is 0 Å². The average Bonchev–Trinajstić information content (AvgIpc) is 3.41. The van der Waals surface area contributed by atoms with Crippen molar-refractivity contribution in [2.75, 3.05) is 0 Å². The van der Waals surface area contributed by atoms with Crippen molar-refractivity contribution >= 4 is 3.21 Å². The van der Waals surface area contributed by atoms with Gasteiger partial charge >= 0.3 is 76.7 Å². The van der Waals surface area contributed by atoms with Gasteiger partial charge in [-0.1, -0.05) is 105 Å². The molecule has 5 rings (SSSR count). The molecule has 0 unspecified atom stereocenters.